The minimum atomic E-state index is -4.87. The van der Waals surface area contributed by atoms with Crippen LogP contribution in [-0.2, 0) is 24.0 Å². The van der Waals surface area contributed by atoms with Crippen molar-refractivity contribution in [2.24, 2.45) is 11.3 Å². The van der Waals surface area contributed by atoms with Crippen molar-refractivity contribution in [2.45, 2.75) is 65.1 Å². The fraction of sp³-hybridized carbons (Fsp3) is 0.462. The summed E-state index contributed by atoms with van der Waals surface area (Å²) in [6.07, 6.45) is -7.81. The number of aromatic nitrogens is 1. The number of nitrogens with zero attached hydrogens (tertiary/aromatic N) is 2. The maximum Gasteiger partial charge on any atom is 0.417 e. The van der Waals surface area contributed by atoms with Crippen LogP contribution in [0.4, 0.5) is 26.3 Å². The van der Waals surface area contributed by atoms with E-state index in [0.717, 1.165) is 6.07 Å². The van der Waals surface area contributed by atoms with Crippen LogP contribution in [0.25, 0.3) is 22.0 Å². The van der Waals surface area contributed by atoms with Crippen LogP contribution in [-0.4, -0.2) is 29.9 Å². The number of hydrogen-bond acceptors (Lipinski definition) is 1. The molecule has 4 atom stereocenters. The topological polar surface area (TPSA) is 45.5 Å². The summed E-state index contributed by atoms with van der Waals surface area (Å²) >= 11 is -2.89. The molecule has 0 aliphatic heterocycles. The van der Waals surface area contributed by atoms with Crippen molar-refractivity contribution in [2.75, 3.05) is 0 Å². The molecule has 4 nitrogen and oxygen atoms in total. The van der Waals surface area contributed by atoms with E-state index in [-0.39, 0.29) is 40.0 Å². The lowest BCUT2D eigenvalue weighted by molar-refractivity contribution is -0.175. The molecule has 37 heavy (non-hydrogen) atoms. The second-order valence-electron chi connectivity index (χ2n) is 10.9. The molecule has 0 radical (unpaired) electrons. The van der Waals surface area contributed by atoms with Crippen LogP contribution < -0.4 is 0 Å². The summed E-state index contributed by atoms with van der Waals surface area (Å²) in [5.41, 5.74) is -0.978. The quantitative estimate of drug-likeness (QED) is 0.253. The van der Waals surface area contributed by atoms with Gasteiger partial charge in [-0.1, -0.05) is 58.0 Å². The van der Waals surface area contributed by atoms with Gasteiger partial charge in [-0.15, -0.1) is 0 Å². The highest BCUT2D eigenvalue weighted by atomic mass is 32.2. The third kappa shape index (κ3) is 5.73. The Morgan fingerprint density at radius 1 is 1.08 bits per heavy atom. The molecule has 0 spiro atoms. The predicted molar refractivity (Wildman–Crippen MR) is 131 cm³/mol. The molecule has 11 heteroatoms. The van der Waals surface area contributed by atoms with Gasteiger partial charge < -0.3 is 4.57 Å². The standard InChI is InChI=1S/C26H28F6N2O2S/c1-15-11-21(15)34(37(35)36)23(26(30,31)32)19-13-33(14-24(2,3)4)22-12-16(9-10-18(19)22)17-7-5-6-8-20(17)25(27,28)29/h5-10,12-13,15,21,23H,11,14H2,1-4H3,(H,35,36)/t15-,21-,23-/m0/s1. The van der Waals surface area contributed by atoms with E-state index < -0.39 is 41.3 Å². The molecule has 0 saturated heterocycles. The first-order valence-electron chi connectivity index (χ1n) is 11.7. The van der Waals surface area contributed by atoms with Crippen molar-refractivity contribution in [3.63, 3.8) is 0 Å². The van der Waals surface area contributed by atoms with E-state index in [4.69, 9.17) is 0 Å². The van der Waals surface area contributed by atoms with Crippen molar-refractivity contribution in [3.05, 3.63) is 59.8 Å². The largest absolute Gasteiger partial charge is 0.417 e. The lowest BCUT2D eigenvalue weighted by atomic mass is 9.96. The van der Waals surface area contributed by atoms with Gasteiger partial charge in [0.05, 0.1) is 5.56 Å². The summed E-state index contributed by atoms with van der Waals surface area (Å²) in [6, 6.07) is 6.17. The smallest absolute Gasteiger partial charge is 0.347 e. The molecule has 1 fully saturated rings. The summed E-state index contributed by atoms with van der Waals surface area (Å²) < 4.78 is 109. The summed E-state index contributed by atoms with van der Waals surface area (Å²) in [5, 5.41) is 0.170. The van der Waals surface area contributed by atoms with Gasteiger partial charge in [-0.3, -0.25) is 4.55 Å². The van der Waals surface area contributed by atoms with Gasteiger partial charge >= 0.3 is 12.4 Å². The van der Waals surface area contributed by atoms with Gasteiger partial charge in [-0.25, -0.2) is 4.21 Å². The van der Waals surface area contributed by atoms with Crippen LogP contribution in [0, 0.1) is 11.3 Å². The number of benzene rings is 2. The molecule has 1 N–H and O–H groups in total. The van der Waals surface area contributed by atoms with Crippen molar-refractivity contribution in [1.29, 1.82) is 0 Å². The van der Waals surface area contributed by atoms with Crippen molar-refractivity contribution < 1.29 is 35.1 Å². The molecule has 1 aliphatic carbocycles. The first kappa shape index (κ1) is 27.7. The van der Waals surface area contributed by atoms with Gasteiger partial charge in [0.2, 0.25) is 11.3 Å². The molecule has 202 valence electrons. The Balaban J connectivity index is 1.96. The first-order chi connectivity index (χ1) is 17.0. The molecule has 1 heterocycles. The van der Waals surface area contributed by atoms with Crippen LogP contribution in [0.1, 0.15) is 51.3 Å². The minimum Gasteiger partial charge on any atom is -0.347 e. The Labute approximate surface area is 213 Å². The molecule has 1 unspecified atom stereocenters. The molecular weight excluding hydrogens is 518 g/mol. The van der Waals surface area contributed by atoms with E-state index in [0.29, 0.717) is 16.2 Å². The van der Waals surface area contributed by atoms with Gasteiger partial charge in [0, 0.05) is 35.2 Å². The molecule has 1 saturated carbocycles. The van der Waals surface area contributed by atoms with Crippen molar-refractivity contribution >= 4 is 22.2 Å². The average molecular weight is 547 g/mol. The number of hydrogen-bond donors (Lipinski definition) is 1. The summed E-state index contributed by atoms with van der Waals surface area (Å²) in [4.78, 5) is 0. The van der Waals surface area contributed by atoms with E-state index in [1.165, 1.54) is 42.6 Å². The molecule has 0 amide bonds. The third-order valence-corrected chi connectivity index (χ3v) is 7.38. The Bertz CT molecular complexity index is 1330. The SMILES string of the molecule is C[C@H]1C[C@@H]1N([C@@H](c1cn(CC(C)(C)C)c2cc(-c3ccccc3C(F)(F)F)ccc12)C(F)(F)F)S(=O)O. The van der Waals surface area contributed by atoms with Crippen LogP contribution in [0.15, 0.2) is 48.7 Å². The van der Waals surface area contributed by atoms with Crippen LogP contribution in [0.2, 0.25) is 0 Å². The van der Waals surface area contributed by atoms with Gasteiger partial charge in [-0.05, 0) is 41.0 Å². The molecule has 1 aliphatic rings. The lowest BCUT2D eigenvalue weighted by Crippen LogP contribution is -2.41. The third-order valence-electron chi connectivity index (χ3n) is 6.53. The Morgan fingerprint density at radius 2 is 1.70 bits per heavy atom. The second-order valence-corrected chi connectivity index (χ2v) is 11.7. The van der Waals surface area contributed by atoms with Gasteiger partial charge in [0.1, 0.15) is 6.04 Å². The van der Waals surface area contributed by atoms with E-state index in [1.807, 2.05) is 20.8 Å². The number of alkyl halides is 6. The van der Waals surface area contributed by atoms with Gasteiger partial charge in [0.25, 0.3) is 0 Å². The van der Waals surface area contributed by atoms with Crippen LogP contribution in [0.3, 0.4) is 0 Å². The monoisotopic (exact) mass is 546 g/mol. The zero-order chi connectivity index (χ0) is 27.5. The zero-order valence-corrected chi connectivity index (χ0v) is 21.5. The zero-order valence-electron chi connectivity index (χ0n) is 20.7. The molecule has 2 aromatic carbocycles. The van der Waals surface area contributed by atoms with E-state index in [2.05, 4.69) is 0 Å². The highest BCUT2D eigenvalue weighted by Gasteiger charge is 2.54. The normalized spacial score (nSPS) is 20.4. The van der Waals surface area contributed by atoms with E-state index in [9.17, 15) is 35.1 Å². The predicted octanol–water partition coefficient (Wildman–Crippen LogP) is 7.82. The number of fused-ring (bicyclic) bond motifs is 1. The number of rotatable bonds is 6. The molecule has 0 bridgehead atoms. The summed E-state index contributed by atoms with van der Waals surface area (Å²) in [7, 11) is 0. The maximum atomic E-state index is 14.5. The first-order valence-corrected chi connectivity index (χ1v) is 12.8. The molecule has 1 aromatic heterocycles. The average Bonchev–Trinajstić information content (AvgIpc) is 3.38. The van der Waals surface area contributed by atoms with E-state index >= 15 is 0 Å². The maximum absolute atomic E-state index is 14.5. The molecule has 3 aromatic rings. The van der Waals surface area contributed by atoms with Crippen LogP contribution in [0.5, 0.6) is 0 Å². The highest BCUT2D eigenvalue weighted by molar-refractivity contribution is 7.76. The summed E-state index contributed by atoms with van der Waals surface area (Å²) in [6.45, 7) is 7.67. The minimum absolute atomic E-state index is 0.0841. The molecular formula is C26H28F6N2O2S. The summed E-state index contributed by atoms with van der Waals surface area (Å²) in [5.74, 6) is -0.172. The van der Waals surface area contributed by atoms with Gasteiger partial charge in [-0.2, -0.15) is 30.6 Å². The Hall–Kier alpha value is -2.37. The molecule has 4 rings (SSSR count). The lowest BCUT2D eigenvalue weighted by Gasteiger charge is -2.30. The second kappa shape index (κ2) is 9.43. The fourth-order valence-electron chi connectivity index (χ4n) is 4.84. The number of halogens is 6. The van der Waals surface area contributed by atoms with Crippen LogP contribution >= 0.6 is 0 Å². The fourth-order valence-corrected chi connectivity index (χ4v) is 5.78. The van der Waals surface area contributed by atoms with Gasteiger partial charge in [0.15, 0.2) is 0 Å². The Kier molecular flexibility index (Phi) is 7.05. The van der Waals surface area contributed by atoms with E-state index in [1.54, 1.807) is 11.5 Å². The van der Waals surface area contributed by atoms with Crippen molar-refractivity contribution in [1.82, 2.24) is 8.87 Å². The Morgan fingerprint density at radius 3 is 2.22 bits per heavy atom. The highest BCUT2D eigenvalue weighted by Crippen LogP contribution is 2.49. The van der Waals surface area contributed by atoms with Crippen molar-refractivity contribution in [3.8, 4) is 11.1 Å².